The molecule has 5 rings (SSSR count). The van der Waals surface area contributed by atoms with E-state index in [9.17, 15) is 26.8 Å². The summed E-state index contributed by atoms with van der Waals surface area (Å²) in [5, 5.41) is 13.5. The van der Waals surface area contributed by atoms with Crippen molar-refractivity contribution in [3.63, 3.8) is 0 Å². The van der Waals surface area contributed by atoms with Crippen LogP contribution in [0.3, 0.4) is 0 Å². The lowest BCUT2D eigenvalue weighted by Crippen LogP contribution is -2.09. The number of hydrogen-bond donors (Lipinski definition) is 8. The third kappa shape index (κ3) is 6.81. The number of phenols is 1. The highest BCUT2D eigenvalue weighted by Gasteiger charge is 2.22. The maximum Gasteiger partial charge on any atom is 0.296 e. The molecular formula is C26H25N7O8S2. The van der Waals surface area contributed by atoms with E-state index in [4.69, 9.17) is 26.3 Å². The Morgan fingerprint density at radius 3 is 2.07 bits per heavy atom. The van der Waals surface area contributed by atoms with Crippen molar-refractivity contribution >= 4 is 70.3 Å². The first kappa shape index (κ1) is 30.7. The normalized spacial score (nSPS) is 11.5. The molecule has 5 aromatic rings. The summed E-state index contributed by atoms with van der Waals surface area (Å²) in [6.45, 7) is 0.183. The minimum Gasteiger partial charge on any atom is -0.505 e. The van der Waals surface area contributed by atoms with E-state index in [0.717, 1.165) is 46.0 Å². The van der Waals surface area contributed by atoms with Gasteiger partial charge < -0.3 is 33.2 Å². The van der Waals surface area contributed by atoms with Gasteiger partial charge in [0.25, 0.3) is 20.2 Å². The van der Waals surface area contributed by atoms with Crippen molar-refractivity contribution in [1.82, 2.24) is 4.98 Å². The second-order valence-electron chi connectivity index (χ2n) is 9.03. The van der Waals surface area contributed by atoms with Gasteiger partial charge in [-0.2, -0.15) is 21.7 Å². The minimum absolute atomic E-state index is 0.0372. The molecule has 0 bridgehead atoms. The number of pyridine rings is 1. The van der Waals surface area contributed by atoms with Gasteiger partial charge in [0, 0.05) is 17.0 Å². The van der Waals surface area contributed by atoms with Crippen LogP contribution < -0.4 is 28.1 Å². The Labute approximate surface area is 244 Å². The summed E-state index contributed by atoms with van der Waals surface area (Å²) in [6, 6.07) is 17.7. The molecule has 0 aliphatic carbocycles. The quantitative estimate of drug-likeness (QED) is 0.0420. The molecule has 17 heteroatoms. The summed E-state index contributed by atoms with van der Waals surface area (Å²) in [4.78, 5) is 13.1. The standard InChI is InChI=1S/C16H15N5O.C10H10N2O7S2/c17-14-7-8-15(13-2-1-9-18-16(13)14)21-20-12-5-3-11(4-6-12)10-19-22;11-6-3-5-4(1-7(6)20(14,15)16)2-8(21(17,18)19)9(12)10(5)13/h1-9,20-21H,10,17H2;1-3,13H,11-12H2,(H,14,15,16)(H,17,18,19). The number of nitroso groups, excluding NO2 is 1. The van der Waals surface area contributed by atoms with Crippen molar-refractivity contribution < 1.29 is 31.0 Å². The summed E-state index contributed by atoms with van der Waals surface area (Å²) in [5.41, 5.74) is 26.1. The molecule has 0 aliphatic heterocycles. The van der Waals surface area contributed by atoms with Crippen LogP contribution in [-0.4, -0.2) is 36.0 Å². The van der Waals surface area contributed by atoms with E-state index < -0.39 is 41.5 Å². The van der Waals surface area contributed by atoms with Crippen molar-refractivity contribution in [2.24, 2.45) is 5.18 Å². The number of nitrogens with zero attached hydrogens (tertiary/aromatic N) is 2. The largest absolute Gasteiger partial charge is 0.505 e. The Hall–Kier alpha value is -5.23. The zero-order valence-corrected chi connectivity index (χ0v) is 23.6. The Morgan fingerprint density at radius 1 is 0.791 bits per heavy atom. The van der Waals surface area contributed by atoms with Crippen LogP contribution in [0.1, 0.15) is 5.56 Å². The number of nitrogen functional groups attached to an aromatic ring is 3. The van der Waals surface area contributed by atoms with E-state index in [2.05, 4.69) is 21.0 Å². The summed E-state index contributed by atoms with van der Waals surface area (Å²) in [6.07, 6.45) is 1.72. The molecule has 0 fully saturated rings. The minimum atomic E-state index is -4.73. The third-order valence-electron chi connectivity index (χ3n) is 6.14. The van der Waals surface area contributed by atoms with Crippen LogP contribution in [-0.2, 0) is 26.8 Å². The summed E-state index contributed by atoms with van der Waals surface area (Å²) in [7, 11) is -9.38. The van der Waals surface area contributed by atoms with E-state index in [1.807, 2.05) is 48.5 Å². The molecule has 15 nitrogen and oxygen atoms in total. The number of hydrogen-bond acceptors (Lipinski definition) is 13. The van der Waals surface area contributed by atoms with Crippen LogP contribution in [0.4, 0.5) is 28.4 Å². The van der Waals surface area contributed by atoms with Gasteiger partial charge in [-0.25, -0.2) is 0 Å². The van der Waals surface area contributed by atoms with Gasteiger partial charge in [-0.3, -0.25) is 14.1 Å². The van der Waals surface area contributed by atoms with Gasteiger partial charge >= 0.3 is 0 Å². The van der Waals surface area contributed by atoms with Crippen molar-refractivity contribution in [1.29, 1.82) is 0 Å². The summed E-state index contributed by atoms with van der Waals surface area (Å²) in [5.74, 6) is -0.686. The van der Waals surface area contributed by atoms with Gasteiger partial charge in [-0.1, -0.05) is 17.3 Å². The zero-order valence-electron chi connectivity index (χ0n) is 22.0. The van der Waals surface area contributed by atoms with Crippen molar-refractivity contribution in [3.05, 3.63) is 83.4 Å². The van der Waals surface area contributed by atoms with Crippen LogP contribution in [0.5, 0.6) is 5.75 Å². The predicted octanol–water partition coefficient (Wildman–Crippen LogP) is 3.73. The lowest BCUT2D eigenvalue weighted by molar-refractivity contribution is 0.473. The number of anilines is 5. The molecule has 0 atom stereocenters. The molecule has 11 N–H and O–H groups in total. The molecule has 1 heterocycles. The number of benzene rings is 4. The Balaban J connectivity index is 0.000000197. The molecule has 224 valence electrons. The van der Waals surface area contributed by atoms with Gasteiger partial charge in [0.05, 0.1) is 34.0 Å². The van der Waals surface area contributed by atoms with Gasteiger partial charge in [-0.05, 0) is 65.5 Å². The lowest BCUT2D eigenvalue weighted by Gasteiger charge is -2.13. The average Bonchev–Trinajstić information content (AvgIpc) is 2.95. The molecule has 43 heavy (non-hydrogen) atoms. The Bertz CT molecular complexity index is 2070. The number of aromatic nitrogens is 1. The maximum absolute atomic E-state index is 11.2. The first-order valence-corrected chi connectivity index (χ1v) is 14.9. The van der Waals surface area contributed by atoms with Crippen molar-refractivity contribution in [2.75, 3.05) is 28.1 Å². The molecule has 1 aromatic heterocycles. The average molecular weight is 628 g/mol. The van der Waals surface area contributed by atoms with E-state index in [1.54, 1.807) is 6.20 Å². The molecule has 0 radical (unpaired) electrons. The second kappa shape index (κ2) is 11.9. The van der Waals surface area contributed by atoms with Crippen LogP contribution in [0, 0.1) is 4.91 Å². The van der Waals surface area contributed by atoms with Gasteiger partial charge in [0.1, 0.15) is 22.1 Å². The fourth-order valence-electron chi connectivity index (χ4n) is 4.07. The zero-order chi connectivity index (χ0) is 31.5. The number of hydrazine groups is 1. The van der Waals surface area contributed by atoms with Crippen molar-refractivity contribution in [3.8, 4) is 5.75 Å². The number of phenolic OH excluding ortho intramolecular Hbond substituents is 1. The molecule has 0 aliphatic rings. The number of aromatic hydroxyl groups is 1. The summed E-state index contributed by atoms with van der Waals surface area (Å²) < 4.78 is 62.7. The SMILES string of the molecule is Nc1cc2c(O)c(N)c(S(=O)(=O)O)cc2cc1S(=O)(=O)O.Nc1ccc(NNc2ccc(CN=O)cc2)c2cccnc12. The van der Waals surface area contributed by atoms with Crippen LogP contribution in [0.15, 0.2) is 87.9 Å². The molecule has 0 saturated heterocycles. The second-order valence-corrected chi connectivity index (χ2v) is 11.8. The van der Waals surface area contributed by atoms with E-state index >= 15 is 0 Å². The van der Waals surface area contributed by atoms with Gasteiger partial charge in [-0.15, -0.1) is 0 Å². The Morgan fingerprint density at radius 2 is 1.44 bits per heavy atom. The third-order valence-corrected chi connectivity index (χ3v) is 7.95. The van der Waals surface area contributed by atoms with E-state index in [-0.39, 0.29) is 23.0 Å². The monoisotopic (exact) mass is 627 g/mol. The number of nitrogens with one attached hydrogen (secondary N) is 2. The highest BCUT2D eigenvalue weighted by molar-refractivity contribution is 7.86. The first-order chi connectivity index (χ1) is 20.2. The summed E-state index contributed by atoms with van der Waals surface area (Å²) >= 11 is 0. The van der Waals surface area contributed by atoms with Crippen LogP contribution >= 0.6 is 0 Å². The molecule has 0 amide bonds. The fourth-order valence-corrected chi connectivity index (χ4v) is 5.35. The highest BCUT2D eigenvalue weighted by Crippen LogP contribution is 2.39. The maximum atomic E-state index is 11.2. The molecule has 0 unspecified atom stereocenters. The van der Waals surface area contributed by atoms with Crippen LogP contribution in [0.25, 0.3) is 21.7 Å². The number of nitrogens with two attached hydrogens (primary N) is 3. The van der Waals surface area contributed by atoms with Gasteiger partial charge in [0.15, 0.2) is 0 Å². The fraction of sp³-hybridized carbons (Fsp3) is 0.0385. The Kier molecular flexibility index (Phi) is 8.53. The van der Waals surface area contributed by atoms with E-state index in [0.29, 0.717) is 5.69 Å². The predicted molar refractivity (Wildman–Crippen MR) is 163 cm³/mol. The van der Waals surface area contributed by atoms with Gasteiger partial charge in [0.2, 0.25) is 0 Å². The first-order valence-electron chi connectivity index (χ1n) is 12.0. The number of rotatable bonds is 7. The van der Waals surface area contributed by atoms with Crippen LogP contribution in [0.2, 0.25) is 0 Å². The molecule has 0 saturated carbocycles. The van der Waals surface area contributed by atoms with Crippen molar-refractivity contribution in [2.45, 2.75) is 16.3 Å². The lowest BCUT2D eigenvalue weighted by atomic mass is 10.1. The topological polar surface area (TPSA) is 273 Å². The molecular weight excluding hydrogens is 602 g/mol. The molecule has 0 spiro atoms. The van der Waals surface area contributed by atoms with E-state index in [1.165, 1.54) is 0 Å². The molecule has 4 aromatic carbocycles. The number of fused-ring (bicyclic) bond motifs is 2. The smallest absolute Gasteiger partial charge is 0.296 e. The highest BCUT2D eigenvalue weighted by atomic mass is 32.2.